The van der Waals surface area contributed by atoms with E-state index < -0.39 is 0 Å². The van der Waals surface area contributed by atoms with Crippen molar-refractivity contribution in [3.8, 4) is 5.75 Å². The normalized spacial score (nSPS) is 14.3. The zero-order valence-corrected chi connectivity index (χ0v) is 23.5. The number of anilines is 1. The molecule has 1 aromatic carbocycles. The molecule has 0 spiro atoms. The van der Waals surface area contributed by atoms with Gasteiger partial charge in [-0.2, -0.15) is 0 Å². The van der Waals surface area contributed by atoms with Crippen LogP contribution in [0.5, 0.6) is 5.75 Å². The maximum atomic E-state index is 13.0. The molecule has 1 unspecified atom stereocenters. The van der Waals surface area contributed by atoms with Crippen LogP contribution in [0.25, 0.3) is 0 Å². The molecule has 3 aromatic rings. The first-order chi connectivity index (χ1) is 17.9. The SMILES string of the molecule is CCn1c(SCC(=O)Nc2sc3c(c2C(=O)OC)CCCCCC3)nnc1C(C)Oc1cccc(C)c1. The number of rotatable bonds is 9. The van der Waals surface area contributed by atoms with E-state index in [0.717, 1.165) is 49.0 Å². The first-order valence-corrected chi connectivity index (χ1v) is 14.5. The molecule has 0 radical (unpaired) electrons. The molecule has 1 aliphatic carbocycles. The number of nitrogens with one attached hydrogen (secondary N) is 1. The number of hydrogen-bond donors (Lipinski definition) is 1. The smallest absolute Gasteiger partial charge is 0.341 e. The zero-order chi connectivity index (χ0) is 26.4. The number of hydrogen-bond acceptors (Lipinski definition) is 8. The lowest BCUT2D eigenvalue weighted by atomic mass is 9.96. The molecule has 2 heterocycles. The predicted octanol–water partition coefficient (Wildman–Crippen LogP) is 5.98. The number of aryl methyl sites for hydroxylation is 2. The Kier molecular flexibility index (Phi) is 9.26. The van der Waals surface area contributed by atoms with Gasteiger partial charge in [-0.05, 0) is 69.7 Å². The van der Waals surface area contributed by atoms with Crippen molar-refractivity contribution in [2.75, 3.05) is 18.2 Å². The van der Waals surface area contributed by atoms with E-state index in [1.54, 1.807) is 0 Å². The molecule has 0 aliphatic heterocycles. The van der Waals surface area contributed by atoms with Gasteiger partial charge in [0.25, 0.3) is 0 Å². The van der Waals surface area contributed by atoms with Crippen LogP contribution in [0.4, 0.5) is 5.00 Å². The second kappa shape index (κ2) is 12.6. The van der Waals surface area contributed by atoms with Gasteiger partial charge in [-0.3, -0.25) is 4.79 Å². The van der Waals surface area contributed by atoms with Gasteiger partial charge in [-0.1, -0.05) is 36.7 Å². The van der Waals surface area contributed by atoms with Gasteiger partial charge in [0, 0.05) is 11.4 Å². The van der Waals surface area contributed by atoms with Gasteiger partial charge in [-0.25, -0.2) is 4.79 Å². The Balaban J connectivity index is 1.44. The maximum absolute atomic E-state index is 13.0. The molecule has 2 aromatic heterocycles. The lowest BCUT2D eigenvalue weighted by Crippen LogP contribution is -2.17. The summed E-state index contributed by atoms with van der Waals surface area (Å²) in [5.74, 6) is 1.05. The van der Waals surface area contributed by atoms with Gasteiger partial charge in [0.15, 0.2) is 17.1 Å². The van der Waals surface area contributed by atoms with E-state index in [0.29, 0.717) is 28.1 Å². The van der Waals surface area contributed by atoms with E-state index in [9.17, 15) is 9.59 Å². The summed E-state index contributed by atoms with van der Waals surface area (Å²) in [5, 5.41) is 12.9. The van der Waals surface area contributed by atoms with Crippen molar-refractivity contribution < 1.29 is 19.1 Å². The molecule has 4 rings (SSSR count). The lowest BCUT2D eigenvalue weighted by molar-refractivity contribution is -0.113. The molecular formula is C27H34N4O4S2. The van der Waals surface area contributed by atoms with E-state index in [1.807, 2.05) is 49.6 Å². The molecule has 1 N–H and O–H groups in total. The second-order valence-corrected chi connectivity index (χ2v) is 11.2. The molecule has 198 valence electrons. The number of carbonyl (C=O) groups is 2. The average molecular weight is 543 g/mol. The number of esters is 1. The van der Waals surface area contributed by atoms with Crippen LogP contribution in [-0.2, 0) is 28.9 Å². The fourth-order valence-electron chi connectivity index (χ4n) is 4.57. The molecule has 0 fully saturated rings. The summed E-state index contributed by atoms with van der Waals surface area (Å²) >= 11 is 2.82. The number of thiophene rings is 1. The van der Waals surface area contributed by atoms with Crippen molar-refractivity contribution in [2.45, 2.75) is 77.1 Å². The molecule has 1 aliphatic rings. The second-order valence-electron chi connectivity index (χ2n) is 9.11. The van der Waals surface area contributed by atoms with Gasteiger partial charge < -0.3 is 19.4 Å². The molecular weight excluding hydrogens is 508 g/mol. The summed E-state index contributed by atoms with van der Waals surface area (Å²) in [6.45, 7) is 6.63. The number of methoxy groups -OCH3 is 1. The highest BCUT2D eigenvalue weighted by atomic mass is 32.2. The summed E-state index contributed by atoms with van der Waals surface area (Å²) in [4.78, 5) is 26.8. The third-order valence-corrected chi connectivity index (χ3v) is 8.55. The van der Waals surface area contributed by atoms with Crippen molar-refractivity contribution in [2.24, 2.45) is 0 Å². The van der Waals surface area contributed by atoms with E-state index in [1.165, 1.54) is 41.5 Å². The fourth-order valence-corrected chi connectivity index (χ4v) is 6.67. The number of amides is 1. The van der Waals surface area contributed by atoms with Gasteiger partial charge in [-0.15, -0.1) is 21.5 Å². The minimum atomic E-state index is -0.390. The van der Waals surface area contributed by atoms with Crippen LogP contribution in [0.15, 0.2) is 29.4 Å². The molecule has 0 saturated carbocycles. The standard InChI is InChI=1S/C27H34N4O4S2/c1-5-31-24(18(3)35-19-12-10-11-17(2)15-19)29-30-27(31)36-16-22(32)28-25-23(26(33)34-4)20-13-8-6-7-9-14-21(20)37-25/h10-12,15,18H,5-9,13-14,16H2,1-4H3,(H,28,32). The summed E-state index contributed by atoms with van der Waals surface area (Å²) in [7, 11) is 1.38. The van der Waals surface area contributed by atoms with Gasteiger partial charge >= 0.3 is 5.97 Å². The zero-order valence-electron chi connectivity index (χ0n) is 21.8. The minimum absolute atomic E-state index is 0.147. The highest BCUT2D eigenvalue weighted by Gasteiger charge is 2.26. The van der Waals surface area contributed by atoms with E-state index >= 15 is 0 Å². The molecule has 8 nitrogen and oxygen atoms in total. The van der Waals surface area contributed by atoms with E-state index in [2.05, 4.69) is 15.5 Å². The van der Waals surface area contributed by atoms with Gasteiger partial charge in [0.05, 0.1) is 18.4 Å². The quantitative estimate of drug-likeness (QED) is 0.262. The molecule has 0 saturated heterocycles. The monoisotopic (exact) mass is 542 g/mol. The van der Waals surface area contributed by atoms with Crippen LogP contribution in [-0.4, -0.2) is 39.5 Å². The summed E-state index contributed by atoms with van der Waals surface area (Å²) in [6.07, 6.45) is 5.95. The van der Waals surface area contributed by atoms with Crippen molar-refractivity contribution in [3.05, 3.63) is 51.7 Å². The Morgan fingerprint density at radius 2 is 1.97 bits per heavy atom. The van der Waals surface area contributed by atoms with Crippen molar-refractivity contribution >= 4 is 40.0 Å². The minimum Gasteiger partial charge on any atom is -0.483 e. The summed E-state index contributed by atoms with van der Waals surface area (Å²) in [5.41, 5.74) is 2.68. The third kappa shape index (κ3) is 6.54. The molecule has 10 heteroatoms. The number of nitrogens with zero attached hydrogens (tertiary/aromatic N) is 3. The highest BCUT2D eigenvalue weighted by Crippen LogP contribution is 2.37. The molecule has 1 amide bonds. The molecule has 0 bridgehead atoms. The highest BCUT2D eigenvalue weighted by molar-refractivity contribution is 7.99. The van der Waals surface area contributed by atoms with Crippen LogP contribution in [0.1, 0.15) is 77.8 Å². The first kappa shape index (κ1) is 27.2. The Morgan fingerprint density at radius 1 is 1.19 bits per heavy atom. The number of carbonyl (C=O) groups excluding carboxylic acids is 2. The number of ether oxygens (including phenoxy) is 2. The van der Waals surface area contributed by atoms with Crippen molar-refractivity contribution in [1.29, 1.82) is 0 Å². The van der Waals surface area contributed by atoms with Crippen LogP contribution in [0.3, 0.4) is 0 Å². The number of fused-ring (bicyclic) bond motifs is 1. The van der Waals surface area contributed by atoms with Crippen LogP contribution < -0.4 is 10.1 Å². The van der Waals surface area contributed by atoms with Crippen LogP contribution in [0, 0.1) is 6.92 Å². The fraction of sp³-hybridized carbons (Fsp3) is 0.481. The Morgan fingerprint density at radius 3 is 2.70 bits per heavy atom. The van der Waals surface area contributed by atoms with Gasteiger partial charge in [0.2, 0.25) is 5.91 Å². The Bertz CT molecular complexity index is 1250. The summed E-state index contributed by atoms with van der Waals surface area (Å²) < 4.78 is 13.1. The van der Waals surface area contributed by atoms with Crippen molar-refractivity contribution in [3.63, 3.8) is 0 Å². The lowest BCUT2D eigenvalue weighted by Gasteiger charge is -2.16. The van der Waals surface area contributed by atoms with E-state index in [4.69, 9.17) is 9.47 Å². The average Bonchev–Trinajstić information content (AvgIpc) is 3.42. The number of aromatic nitrogens is 3. The van der Waals surface area contributed by atoms with Crippen LogP contribution >= 0.6 is 23.1 Å². The van der Waals surface area contributed by atoms with Crippen LogP contribution in [0.2, 0.25) is 0 Å². The number of benzene rings is 1. The third-order valence-electron chi connectivity index (χ3n) is 6.37. The molecule has 1 atom stereocenters. The van der Waals surface area contributed by atoms with E-state index in [-0.39, 0.29) is 23.7 Å². The Labute approximate surface area is 226 Å². The predicted molar refractivity (Wildman–Crippen MR) is 147 cm³/mol. The van der Waals surface area contributed by atoms with Gasteiger partial charge in [0.1, 0.15) is 10.8 Å². The topological polar surface area (TPSA) is 95.3 Å². The Hall–Kier alpha value is -2.85. The molecule has 37 heavy (non-hydrogen) atoms. The number of thioether (sulfide) groups is 1. The first-order valence-electron chi connectivity index (χ1n) is 12.7. The largest absolute Gasteiger partial charge is 0.483 e. The summed E-state index contributed by atoms with van der Waals surface area (Å²) in [6, 6.07) is 7.89. The van der Waals surface area contributed by atoms with Crippen molar-refractivity contribution in [1.82, 2.24) is 14.8 Å². The maximum Gasteiger partial charge on any atom is 0.341 e.